The largest absolute Gasteiger partial charge is 0.487 e. The number of ether oxygens (including phenoxy) is 1. The first-order valence-electron chi connectivity index (χ1n) is 8.21. The lowest BCUT2D eigenvalue weighted by molar-refractivity contribution is -0.127. The minimum Gasteiger partial charge on any atom is -0.487 e. The van der Waals surface area contributed by atoms with E-state index in [9.17, 15) is 4.79 Å². The molecule has 0 radical (unpaired) electrons. The van der Waals surface area contributed by atoms with Gasteiger partial charge in [-0.25, -0.2) is 0 Å². The molecule has 0 bridgehead atoms. The van der Waals surface area contributed by atoms with Crippen LogP contribution in [0.25, 0.3) is 0 Å². The summed E-state index contributed by atoms with van der Waals surface area (Å²) in [7, 11) is 2.12. The van der Waals surface area contributed by atoms with Gasteiger partial charge in [0.2, 0.25) is 5.91 Å². The van der Waals surface area contributed by atoms with E-state index in [1.807, 2.05) is 18.2 Å². The third kappa shape index (κ3) is 3.27. The summed E-state index contributed by atoms with van der Waals surface area (Å²) < 4.78 is 6.03. The van der Waals surface area contributed by atoms with Gasteiger partial charge >= 0.3 is 0 Å². The molecule has 2 heterocycles. The van der Waals surface area contributed by atoms with Crippen LogP contribution in [-0.4, -0.2) is 36.5 Å². The number of para-hydroxylation sites is 1. The van der Waals surface area contributed by atoms with Crippen LogP contribution in [0.3, 0.4) is 0 Å². The third-order valence-corrected chi connectivity index (χ3v) is 4.78. The molecule has 0 saturated carbocycles. The maximum Gasteiger partial charge on any atom is 0.223 e. The van der Waals surface area contributed by atoms with Crippen molar-refractivity contribution in [3.63, 3.8) is 0 Å². The van der Waals surface area contributed by atoms with Crippen LogP contribution in [0.15, 0.2) is 24.3 Å². The summed E-state index contributed by atoms with van der Waals surface area (Å²) in [6.45, 7) is 6.18. The quantitative estimate of drug-likeness (QED) is 0.913. The van der Waals surface area contributed by atoms with Gasteiger partial charge < -0.3 is 15.0 Å². The van der Waals surface area contributed by atoms with Gasteiger partial charge in [-0.3, -0.25) is 4.79 Å². The fourth-order valence-electron chi connectivity index (χ4n) is 3.49. The van der Waals surface area contributed by atoms with Crippen molar-refractivity contribution in [2.24, 2.45) is 5.92 Å². The molecule has 1 amide bonds. The average molecular weight is 302 g/mol. The number of amides is 1. The van der Waals surface area contributed by atoms with E-state index in [1.54, 1.807) is 0 Å². The monoisotopic (exact) mass is 302 g/mol. The predicted molar refractivity (Wildman–Crippen MR) is 86.9 cm³/mol. The molecule has 1 aromatic rings. The molecule has 120 valence electrons. The van der Waals surface area contributed by atoms with Crippen LogP contribution in [0.2, 0.25) is 0 Å². The van der Waals surface area contributed by atoms with E-state index >= 15 is 0 Å². The number of carbonyl (C=O) groups is 1. The van der Waals surface area contributed by atoms with Gasteiger partial charge in [0.1, 0.15) is 11.4 Å². The summed E-state index contributed by atoms with van der Waals surface area (Å²) in [5.74, 6) is 1.24. The van der Waals surface area contributed by atoms with E-state index in [0.29, 0.717) is 0 Å². The molecule has 2 aliphatic heterocycles. The predicted octanol–water partition coefficient (Wildman–Crippen LogP) is 2.75. The van der Waals surface area contributed by atoms with Crippen molar-refractivity contribution in [3.8, 4) is 5.75 Å². The number of hydrogen-bond donors (Lipinski definition) is 1. The highest BCUT2D eigenvalue weighted by Crippen LogP contribution is 2.39. The maximum atomic E-state index is 12.6. The van der Waals surface area contributed by atoms with E-state index < -0.39 is 0 Å². The average Bonchev–Trinajstić information content (AvgIpc) is 2.46. The second-order valence-corrected chi connectivity index (χ2v) is 7.24. The Balaban J connectivity index is 1.73. The Labute approximate surface area is 132 Å². The van der Waals surface area contributed by atoms with E-state index in [0.717, 1.165) is 43.7 Å². The number of rotatable bonds is 2. The Bertz CT molecular complexity index is 548. The zero-order valence-electron chi connectivity index (χ0n) is 13.8. The minimum absolute atomic E-state index is 0.0482. The summed E-state index contributed by atoms with van der Waals surface area (Å²) in [5, 5.41) is 3.28. The summed E-state index contributed by atoms with van der Waals surface area (Å²) in [6, 6.07) is 8.09. The van der Waals surface area contributed by atoms with Crippen LogP contribution >= 0.6 is 0 Å². The molecule has 22 heavy (non-hydrogen) atoms. The Morgan fingerprint density at radius 3 is 2.68 bits per heavy atom. The normalized spacial score (nSPS) is 25.1. The van der Waals surface area contributed by atoms with Gasteiger partial charge in [0.05, 0.1) is 6.04 Å². The SMILES string of the molecule is CN1CCC(C(=O)N[C@@H]2CC(C)(C)Oc3ccccc32)CC1. The Hall–Kier alpha value is -1.55. The highest BCUT2D eigenvalue weighted by atomic mass is 16.5. The van der Waals surface area contributed by atoms with Crippen LogP contribution in [0, 0.1) is 5.92 Å². The molecule has 4 nitrogen and oxygen atoms in total. The van der Waals surface area contributed by atoms with Crippen LogP contribution < -0.4 is 10.1 Å². The van der Waals surface area contributed by atoms with Gasteiger partial charge in [-0.15, -0.1) is 0 Å². The first-order valence-corrected chi connectivity index (χ1v) is 8.21. The lowest BCUT2D eigenvalue weighted by Gasteiger charge is -2.38. The van der Waals surface area contributed by atoms with Gasteiger partial charge in [0.15, 0.2) is 0 Å². The molecule has 1 fully saturated rings. The number of hydrogen-bond acceptors (Lipinski definition) is 3. The highest BCUT2D eigenvalue weighted by molar-refractivity contribution is 5.79. The maximum absolute atomic E-state index is 12.6. The van der Waals surface area contributed by atoms with Gasteiger partial charge in [-0.05, 0) is 52.9 Å². The van der Waals surface area contributed by atoms with Gasteiger partial charge in [-0.1, -0.05) is 18.2 Å². The molecular weight excluding hydrogens is 276 g/mol. The van der Waals surface area contributed by atoms with E-state index in [-0.39, 0.29) is 23.5 Å². The topological polar surface area (TPSA) is 41.6 Å². The van der Waals surface area contributed by atoms with E-state index in [4.69, 9.17) is 4.74 Å². The summed E-state index contributed by atoms with van der Waals surface area (Å²) in [5.41, 5.74) is 0.849. The molecule has 4 heteroatoms. The highest BCUT2D eigenvalue weighted by Gasteiger charge is 2.35. The molecule has 3 rings (SSSR count). The fraction of sp³-hybridized carbons (Fsp3) is 0.611. The zero-order valence-corrected chi connectivity index (χ0v) is 13.8. The van der Waals surface area contributed by atoms with Gasteiger partial charge in [0.25, 0.3) is 0 Å². The lowest BCUT2D eigenvalue weighted by Crippen LogP contribution is -2.44. The molecule has 1 atom stereocenters. The van der Waals surface area contributed by atoms with Crippen LogP contribution in [0.5, 0.6) is 5.75 Å². The molecule has 1 saturated heterocycles. The van der Waals surface area contributed by atoms with Crippen molar-refractivity contribution in [1.29, 1.82) is 0 Å². The molecule has 0 spiro atoms. The number of benzene rings is 1. The van der Waals surface area contributed by atoms with Crippen molar-refractivity contribution >= 4 is 5.91 Å². The second kappa shape index (κ2) is 5.92. The molecule has 1 aromatic carbocycles. The number of piperidine rings is 1. The van der Waals surface area contributed by atoms with Crippen LogP contribution in [0.4, 0.5) is 0 Å². The second-order valence-electron chi connectivity index (χ2n) is 7.24. The van der Waals surface area contributed by atoms with Gasteiger partial charge in [-0.2, -0.15) is 0 Å². The molecule has 0 aromatic heterocycles. The van der Waals surface area contributed by atoms with E-state index in [1.165, 1.54) is 0 Å². The summed E-state index contributed by atoms with van der Waals surface area (Å²) in [4.78, 5) is 14.9. The number of fused-ring (bicyclic) bond motifs is 1. The van der Waals surface area contributed by atoms with Crippen LogP contribution in [-0.2, 0) is 4.79 Å². The number of nitrogens with zero attached hydrogens (tertiary/aromatic N) is 1. The summed E-state index contributed by atoms with van der Waals surface area (Å²) in [6.07, 6.45) is 2.72. The number of nitrogens with one attached hydrogen (secondary N) is 1. The fourth-order valence-corrected chi connectivity index (χ4v) is 3.49. The molecule has 0 aliphatic carbocycles. The Morgan fingerprint density at radius 2 is 1.95 bits per heavy atom. The van der Waals surface area contributed by atoms with Crippen LogP contribution in [0.1, 0.15) is 44.7 Å². The van der Waals surface area contributed by atoms with Gasteiger partial charge in [0, 0.05) is 17.9 Å². The Kier molecular flexibility index (Phi) is 4.13. The zero-order chi connectivity index (χ0) is 15.7. The molecule has 0 unspecified atom stereocenters. The van der Waals surface area contributed by atoms with Crippen molar-refractivity contribution < 1.29 is 9.53 Å². The molecule has 2 aliphatic rings. The first-order chi connectivity index (χ1) is 10.4. The van der Waals surface area contributed by atoms with E-state index in [2.05, 4.69) is 37.2 Å². The summed E-state index contributed by atoms with van der Waals surface area (Å²) >= 11 is 0. The Morgan fingerprint density at radius 1 is 1.27 bits per heavy atom. The van der Waals surface area contributed by atoms with Crippen molar-refractivity contribution in [2.75, 3.05) is 20.1 Å². The molecule has 1 N–H and O–H groups in total. The molecular formula is C18H26N2O2. The standard InChI is InChI=1S/C18H26N2O2/c1-18(2)12-15(14-6-4-5-7-16(14)22-18)19-17(21)13-8-10-20(3)11-9-13/h4-7,13,15H,8-12H2,1-3H3,(H,19,21)/t15-/m1/s1. The van der Waals surface area contributed by atoms with Crippen molar-refractivity contribution in [1.82, 2.24) is 10.2 Å². The number of carbonyl (C=O) groups excluding carboxylic acids is 1. The minimum atomic E-state index is -0.251. The lowest BCUT2D eigenvalue weighted by atomic mass is 9.88. The van der Waals surface area contributed by atoms with Crippen molar-refractivity contribution in [3.05, 3.63) is 29.8 Å². The first kappa shape index (κ1) is 15.3. The number of likely N-dealkylation sites (tertiary alicyclic amines) is 1. The smallest absolute Gasteiger partial charge is 0.223 e. The van der Waals surface area contributed by atoms with Crippen molar-refractivity contribution in [2.45, 2.75) is 44.8 Å². The third-order valence-electron chi connectivity index (χ3n) is 4.78.